The second-order valence-electron chi connectivity index (χ2n) is 4.12. The molecule has 15 heavy (non-hydrogen) atoms. The lowest BCUT2D eigenvalue weighted by Gasteiger charge is -2.14. The number of nitrogens with two attached hydrogens (primary N) is 1. The van der Waals surface area contributed by atoms with E-state index in [4.69, 9.17) is 5.73 Å². The Morgan fingerprint density at radius 3 is 2.60 bits per heavy atom. The van der Waals surface area contributed by atoms with Gasteiger partial charge in [0.25, 0.3) is 0 Å². The molecule has 0 unspecified atom stereocenters. The Morgan fingerprint density at radius 2 is 2.07 bits per heavy atom. The topological polar surface area (TPSA) is 63.8 Å². The molecule has 0 atom stereocenters. The molecule has 1 fully saturated rings. The van der Waals surface area contributed by atoms with E-state index < -0.39 is 0 Å². The standard InChI is InChI=1S/C10H15IN4/c11-8-5-13-9(14-6-8)15-7-10(1-2-10)3-4-12/h5-6H,1-4,7,12H2,(H,13,14,15). The number of hydrogen-bond acceptors (Lipinski definition) is 4. The summed E-state index contributed by atoms with van der Waals surface area (Å²) >= 11 is 2.20. The molecule has 0 amide bonds. The minimum absolute atomic E-state index is 0.432. The molecule has 1 aromatic rings. The maximum Gasteiger partial charge on any atom is 0.222 e. The molecule has 1 aliphatic carbocycles. The van der Waals surface area contributed by atoms with Crippen molar-refractivity contribution in [1.82, 2.24) is 9.97 Å². The fraction of sp³-hybridized carbons (Fsp3) is 0.600. The van der Waals surface area contributed by atoms with Gasteiger partial charge in [0, 0.05) is 22.5 Å². The minimum atomic E-state index is 0.432. The van der Waals surface area contributed by atoms with Crippen LogP contribution in [0.5, 0.6) is 0 Å². The van der Waals surface area contributed by atoms with Gasteiger partial charge in [0.05, 0.1) is 0 Å². The van der Waals surface area contributed by atoms with Crippen LogP contribution >= 0.6 is 22.6 Å². The van der Waals surface area contributed by atoms with Gasteiger partial charge < -0.3 is 11.1 Å². The molecule has 1 saturated carbocycles. The highest BCUT2D eigenvalue weighted by Crippen LogP contribution is 2.48. The van der Waals surface area contributed by atoms with Gasteiger partial charge in [0.2, 0.25) is 5.95 Å². The van der Waals surface area contributed by atoms with Gasteiger partial charge in [-0.3, -0.25) is 0 Å². The zero-order chi connectivity index (χ0) is 10.7. The van der Waals surface area contributed by atoms with Crippen LogP contribution in [0.4, 0.5) is 5.95 Å². The van der Waals surface area contributed by atoms with Gasteiger partial charge >= 0.3 is 0 Å². The molecule has 3 N–H and O–H groups in total. The van der Waals surface area contributed by atoms with Gasteiger partial charge in [0.1, 0.15) is 0 Å². The van der Waals surface area contributed by atoms with E-state index in [1.54, 1.807) is 0 Å². The summed E-state index contributed by atoms with van der Waals surface area (Å²) in [6.07, 6.45) is 7.30. The molecule has 1 aromatic heterocycles. The Labute approximate surface area is 103 Å². The van der Waals surface area contributed by atoms with Crippen molar-refractivity contribution in [2.45, 2.75) is 19.3 Å². The molecule has 1 aliphatic rings. The smallest absolute Gasteiger partial charge is 0.222 e. The van der Waals surface area contributed by atoms with Crippen molar-refractivity contribution in [2.75, 3.05) is 18.4 Å². The van der Waals surface area contributed by atoms with E-state index in [9.17, 15) is 0 Å². The van der Waals surface area contributed by atoms with E-state index in [1.807, 2.05) is 12.4 Å². The predicted molar refractivity (Wildman–Crippen MR) is 68.6 cm³/mol. The van der Waals surface area contributed by atoms with E-state index in [0.29, 0.717) is 5.41 Å². The molecule has 4 nitrogen and oxygen atoms in total. The summed E-state index contributed by atoms with van der Waals surface area (Å²) in [4.78, 5) is 8.42. The lowest BCUT2D eigenvalue weighted by atomic mass is 10.0. The highest BCUT2D eigenvalue weighted by molar-refractivity contribution is 14.1. The molecule has 2 rings (SSSR count). The number of nitrogens with zero attached hydrogens (tertiary/aromatic N) is 2. The largest absolute Gasteiger partial charge is 0.354 e. The monoisotopic (exact) mass is 318 g/mol. The first-order valence-electron chi connectivity index (χ1n) is 5.16. The molecule has 82 valence electrons. The van der Waals surface area contributed by atoms with Crippen molar-refractivity contribution in [3.63, 3.8) is 0 Å². The lowest BCUT2D eigenvalue weighted by molar-refractivity contribution is 0.500. The minimum Gasteiger partial charge on any atom is -0.354 e. The molecule has 5 heteroatoms. The van der Waals surface area contributed by atoms with Gasteiger partial charge in [-0.05, 0) is 53.8 Å². The summed E-state index contributed by atoms with van der Waals surface area (Å²) in [7, 11) is 0. The molecule has 0 spiro atoms. The zero-order valence-electron chi connectivity index (χ0n) is 8.54. The summed E-state index contributed by atoms with van der Waals surface area (Å²) in [5.41, 5.74) is 6.02. The average Bonchev–Trinajstić information content (AvgIpc) is 2.99. The summed E-state index contributed by atoms with van der Waals surface area (Å²) in [6, 6.07) is 0. The molecule has 0 radical (unpaired) electrons. The second kappa shape index (κ2) is 4.61. The second-order valence-corrected chi connectivity index (χ2v) is 5.36. The summed E-state index contributed by atoms with van der Waals surface area (Å²) < 4.78 is 1.06. The lowest BCUT2D eigenvalue weighted by Crippen LogP contribution is -2.20. The van der Waals surface area contributed by atoms with Crippen LogP contribution in [-0.2, 0) is 0 Å². The third-order valence-electron chi connectivity index (χ3n) is 2.87. The van der Waals surface area contributed by atoms with E-state index in [-0.39, 0.29) is 0 Å². The summed E-state index contributed by atoms with van der Waals surface area (Å²) in [5.74, 6) is 0.721. The average molecular weight is 318 g/mol. The van der Waals surface area contributed by atoms with Crippen LogP contribution in [0.15, 0.2) is 12.4 Å². The number of anilines is 1. The summed E-state index contributed by atoms with van der Waals surface area (Å²) in [5, 5.41) is 3.28. The van der Waals surface area contributed by atoms with E-state index in [1.165, 1.54) is 12.8 Å². The fourth-order valence-electron chi connectivity index (χ4n) is 1.67. The Hall–Kier alpha value is -0.430. The van der Waals surface area contributed by atoms with Crippen molar-refractivity contribution in [3.8, 4) is 0 Å². The maximum absolute atomic E-state index is 5.58. The van der Waals surface area contributed by atoms with Gasteiger partial charge in [-0.1, -0.05) is 0 Å². The number of nitrogens with one attached hydrogen (secondary N) is 1. The van der Waals surface area contributed by atoms with Gasteiger partial charge in [-0.25, -0.2) is 9.97 Å². The molecule has 1 heterocycles. The zero-order valence-corrected chi connectivity index (χ0v) is 10.7. The molecule has 0 aromatic carbocycles. The highest BCUT2D eigenvalue weighted by Gasteiger charge is 2.41. The van der Waals surface area contributed by atoms with Crippen molar-refractivity contribution in [2.24, 2.45) is 11.1 Å². The van der Waals surface area contributed by atoms with Crippen molar-refractivity contribution in [3.05, 3.63) is 16.0 Å². The van der Waals surface area contributed by atoms with Crippen molar-refractivity contribution in [1.29, 1.82) is 0 Å². The normalized spacial score (nSPS) is 17.5. The first kappa shape index (κ1) is 11.1. The van der Waals surface area contributed by atoms with Gasteiger partial charge in [-0.2, -0.15) is 0 Å². The third kappa shape index (κ3) is 3.01. The Kier molecular flexibility index (Phi) is 3.40. The van der Waals surface area contributed by atoms with Gasteiger partial charge in [0.15, 0.2) is 0 Å². The number of hydrogen-bond donors (Lipinski definition) is 2. The Bertz CT molecular complexity index is 321. The van der Waals surface area contributed by atoms with Crippen LogP contribution in [0.1, 0.15) is 19.3 Å². The predicted octanol–water partition coefficient (Wildman–Crippen LogP) is 1.62. The first-order chi connectivity index (χ1) is 7.24. The van der Waals surface area contributed by atoms with Crippen LogP contribution in [-0.4, -0.2) is 23.1 Å². The van der Waals surface area contributed by atoms with E-state index in [2.05, 4.69) is 37.9 Å². The van der Waals surface area contributed by atoms with Crippen LogP contribution in [0.25, 0.3) is 0 Å². The highest BCUT2D eigenvalue weighted by atomic mass is 127. The Morgan fingerprint density at radius 1 is 1.40 bits per heavy atom. The molecular formula is C10H15IN4. The Balaban J connectivity index is 1.85. The van der Waals surface area contributed by atoms with E-state index >= 15 is 0 Å². The third-order valence-corrected chi connectivity index (χ3v) is 3.43. The molecule has 0 bridgehead atoms. The molecule has 0 saturated heterocycles. The van der Waals surface area contributed by atoms with Crippen LogP contribution in [0, 0.1) is 8.99 Å². The quantitative estimate of drug-likeness (QED) is 0.810. The SMILES string of the molecule is NCCC1(CNc2ncc(I)cn2)CC1. The van der Waals surface area contributed by atoms with E-state index in [0.717, 1.165) is 29.0 Å². The number of halogens is 1. The summed E-state index contributed by atoms with van der Waals surface area (Å²) in [6.45, 7) is 1.72. The maximum atomic E-state index is 5.58. The van der Waals surface area contributed by atoms with Gasteiger partial charge in [-0.15, -0.1) is 0 Å². The van der Waals surface area contributed by atoms with Crippen LogP contribution < -0.4 is 11.1 Å². The molecular weight excluding hydrogens is 303 g/mol. The van der Waals surface area contributed by atoms with Crippen LogP contribution in [0.2, 0.25) is 0 Å². The first-order valence-corrected chi connectivity index (χ1v) is 6.23. The number of aromatic nitrogens is 2. The van der Waals surface area contributed by atoms with Crippen molar-refractivity contribution >= 4 is 28.5 Å². The number of rotatable bonds is 5. The molecule has 0 aliphatic heterocycles. The van der Waals surface area contributed by atoms with Crippen LogP contribution in [0.3, 0.4) is 0 Å². The van der Waals surface area contributed by atoms with Crippen molar-refractivity contribution < 1.29 is 0 Å². The fourth-order valence-corrected chi connectivity index (χ4v) is 1.95.